The quantitative estimate of drug-likeness (QED) is 0.453. The lowest BCUT2D eigenvalue weighted by Crippen LogP contribution is -2.40. The lowest BCUT2D eigenvalue weighted by atomic mass is 9.89. The van der Waals surface area contributed by atoms with Gasteiger partial charge in [-0.05, 0) is 55.2 Å². The summed E-state index contributed by atoms with van der Waals surface area (Å²) in [5.74, 6) is -0.598. The Kier molecular flexibility index (Phi) is 5.62. The monoisotopic (exact) mass is 405 g/mol. The molecular weight excluding hydrogens is 378 g/mol. The standard InChI is InChI=1S/C25H27NO4/c1-16-8-6-7-11-20(16)22-21(23(27)17-12-14-19(30-2)15-13-17)24(28)25(29)26(22)18-9-4-3-5-10-18/h6-8,11-15,18,22,27H,3-5,9-10H2,1-2H3/b23-21-. The number of carbonyl (C=O) groups excluding carboxylic acids is 2. The highest BCUT2D eigenvalue weighted by atomic mass is 16.5. The minimum atomic E-state index is -0.609. The van der Waals surface area contributed by atoms with Gasteiger partial charge in [0.25, 0.3) is 11.7 Å². The predicted octanol–water partition coefficient (Wildman–Crippen LogP) is 4.76. The molecule has 1 atom stereocenters. The van der Waals surface area contributed by atoms with Crippen LogP contribution >= 0.6 is 0 Å². The molecule has 1 saturated carbocycles. The van der Waals surface area contributed by atoms with Crippen LogP contribution in [-0.2, 0) is 9.59 Å². The van der Waals surface area contributed by atoms with Gasteiger partial charge in [-0.25, -0.2) is 0 Å². The van der Waals surface area contributed by atoms with E-state index in [0.717, 1.165) is 43.2 Å². The number of ketones is 1. The van der Waals surface area contributed by atoms with E-state index in [4.69, 9.17) is 4.74 Å². The fourth-order valence-electron chi connectivity index (χ4n) is 4.69. The second-order valence-electron chi connectivity index (χ2n) is 8.08. The number of likely N-dealkylation sites (tertiary alicyclic amines) is 1. The minimum absolute atomic E-state index is 0.0148. The van der Waals surface area contributed by atoms with Crippen LogP contribution < -0.4 is 4.74 Å². The predicted molar refractivity (Wildman–Crippen MR) is 115 cm³/mol. The van der Waals surface area contributed by atoms with Crippen LogP contribution in [0.2, 0.25) is 0 Å². The number of nitrogens with zero attached hydrogens (tertiary/aromatic N) is 1. The summed E-state index contributed by atoms with van der Waals surface area (Å²) in [7, 11) is 1.57. The summed E-state index contributed by atoms with van der Waals surface area (Å²) in [6.45, 7) is 1.98. The van der Waals surface area contributed by atoms with Crippen molar-refractivity contribution in [1.29, 1.82) is 0 Å². The maximum atomic E-state index is 13.2. The van der Waals surface area contributed by atoms with E-state index in [1.54, 1.807) is 36.3 Å². The summed E-state index contributed by atoms with van der Waals surface area (Å²) < 4.78 is 5.19. The molecule has 0 aromatic heterocycles. The average molecular weight is 405 g/mol. The third-order valence-electron chi connectivity index (χ3n) is 6.29. The van der Waals surface area contributed by atoms with E-state index in [1.807, 2.05) is 31.2 Å². The SMILES string of the molecule is COc1ccc(/C(O)=C2/C(=O)C(=O)N(C3CCCCC3)C2c2ccccc2C)cc1. The highest BCUT2D eigenvalue weighted by Crippen LogP contribution is 2.43. The molecule has 1 heterocycles. The van der Waals surface area contributed by atoms with Crippen LogP contribution in [-0.4, -0.2) is 34.8 Å². The van der Waals surface area contributed by atoms with E-state index in [-0.39, 0.29) is 17.4 Å². The van der Waals surface area contributed by atoms with E-state index < -0.39 is 17.7 Å². The molecule has 1 amide bonds. The molecule has 156 valence electrons. The van der Waals surface area contributed by atoms with Crippen molar-refractivity contribution in [2.75, 3.05) is 7.11 Å². The highest BCUT2D eigenvalue weighted by Gasteiger charge is 2.49. The number of methoxy groups -OCH3 is 1. The summed E-state index contributed by atoms with van der Waals surface area (Å²) in [6, 6.07) is 14.1. The number of carbonyl (C=O) groups is 2. The Morgan fingerprint density at radius 3 is 2.30 bits per heavy atom. The summed E-state index contributed by atoms with van der Waals surface area (Å²) in [6.07, 6.45) is 5.02. The van der Waals surface area contributed by atoms with Gasteiger partial charge in [-0.15, -0.1) is 0 Å². The Hall–Kier alpha value is -3.08. The number of aliphatic hydroxyl groups excluding tert-OH is 1. The molecule has 1 saturated heterocycles. The number of amides is 1. The second-order valence-corrected chi connectivity index (χ2v) is 8.08. The molecule has 1 N–H and O–H groups in total. The van der Waals surface area contributed by atoms with E-state index in [1.165, 1.54) is 0 Å². The van der Waals surface area contributed by atoms with Crippen molar-refractivity contribution < 1.29 is 19.4 Å². The molecule has 5 heteroatoms. The molecule has 30 heavy (non-hydrogen) atoms. The highest BCUT2D eigenvalue weighted by molar-refractivity contribution is 6.46. The molecule has 2 fully saturated rings. The topological polar surface area (TPSA) is 66.8 Å². The van der Waals surface area contributed by atoms with Crippen molar-refractivity contribution >= 4 is 17.4 Å². The largest absolute Gasteiger partial charge is 0.507 e. The first-order valence-corrected chi connectivity index (χ1v) is 10.5. The number of rotatable bonds is 4. The van der Waals surface area contributed by atoms with Gasteiger partial charge in [0.15, 0.2) is 0 Å². The molecule has 2 aromatic rings. The zero-order valence-corrected chi connectivity index (χ0v) is 17.4. The average Bonchev–Trinajstić information content (AvgIpc) is 3.04. The van der Waals surface area contributed by atoms with Crippen LogP contribution in [0.4, 0.5) is 0 Å². The van der Waals surface area contributed by atoms with Crippen molar-refractivity contribution in [2.45, 2.75) is 51.1 Å². The number of hydrogen-bond acceptors (Lipinski definition) is 4. The van der Waals surface area contributed by atoms with Crippen LogP contribution in [0.3, 0.4) is 0 Å². The Bertz CT molecular complexity index is 986. The first-order chi connectivity index (χ1) is 14.5. The zero-order chi connectivity index (χ0) is 21.3. The van der Waals surface area contributed by atoms with Gasteiger partial charge < -0.3 is 14.7 Å². The number of aliphatic hydroxyl groups is 1. The van der Waals surface area contributed by atoms with Gasteiger partial charge in [0.2, 0.25) is 0 Å². The molecular formula is C25H27NO4. The van der Waals surface area contributed by atoms with Gasteiger partial charge in [0, 0.05) is 11.6 Å². The summed E-state index contributed by atoms with van der Waals surface area (Å²) in [5.41, 5.74) is 2.55. The Labute approximate surface area is 177 Å². The Morgan fingerprint density at radius 1 is 1.00 bits per heavy atom. The van der Waals surface area contributed by atoms with Crippen molar-refractivity contribution in [1.82, 2.24) is 4.90 Å². The minimum Gasteiger partial charge on any atom is -0.507 e. The summed E-state index contributed by atoms with van der Waals surface area (Å²) in [4.78, 5) is 28.0. The first-order valence-electron chi connectivity index (χ1n) is 10.5. The smallest absolute Gasteiger partial charge is 0.295 e. The van der Waals surface area contributed by atoms with Crippen LogP contribution in [0.15, 0.2) is 54.1 Å². The van der Waals surface area contributed by atoms with Gasteiger partial charge in [0.05, 0.1) is 18.7 Å². The fourth-order valence-corrected chi connectivity index (χ4v) is 4.69. The normalized spacial score (nSPS) is 21.8. The second kappa shape index (κ2) is 8.34. The number of benzene rings is 2. The van der Waals surface area contributed by atoms with E-state index in [9.17, 15) is 14.7 Å². The Morgan fingerprint density at radius 2 is 1.67 bits per heavy atom. The number of ether oxygens (including phenoxy) is 1. The zero-order valence-electron chi connectivity index (χ0n) is 17.4. The van der Waals surface area contributed by atoms with Crippen molar-refractivity contribution in [3.8, 4) is 5.75 Å². The maximum Gasteiger partial charge on any atom is 0.295 e. The van der Waals surface area contributed by atoms with Crippen LogP contribution in [0, 0.1) is 6.92 Å². The molecule has 0 radical (unpaired) electrons. The van der Waals surface area contributed by atoms with Crippen molar-refractivity contribution in [3.63, 3.8) is 0 Å². The van der Waals surface area contributed by atoms with E-state index >= 15 is 0 Å². The van der Waals surface area contributed by atoms with Crippen molar-refractivity contribution in [3.05, 3.63) is 70.8 Å². The number of aryl methyl sites for hydroxylation is 1. The van der Waals surface area contributed by atoms with Gasteiger partial charge in [0.1, 0.15) is 11.5 Å². The maximum absolute atomic E-state index is 13.2. The van der Waals surface area contributed by atoms with Gasteiger partial charge in [-0.2, -0.15) is 0 Å². The summed E-state index contributed by atoms with van der Waals surface area (Å²) >= 11 is 0. The van der Waals surface area contributed by atoms with Gasteiger partial charge >= 0.3 is 0 Å². The van der Waals surface area contributed by atoms with Crippen LogP contribution in [0.25, 0.3) is 5.76 Å². The third-order valence-corrected chi connectivity index (χ3v) is 6.29. The molecule has 1 aliphatic carbocycles. The molecule has 0 spiro atoms. The molecule has 1 aliphatic heterocycles. The third kappa shape index (κ3) is 3.49. The van der Waals surface area contributed by atoms with E-state index in [2.05, 4.69) is 0 Å². The van der Waals surface area contributed by atoms with Crippen LogP contribution in [0.5, 0.6) is 5.75 Å². The van der Waals surface area contributed by atoms with Gasteiger partial charge in [-0.1, -0.05) is 43.5 Å². The van der Waals surface area contributed by atoms with Gasteiger partial charge in [-0.3, -0.25) is 9.59 Å². The lowest BCUT2D eigenvalue weighted by molar-refractivity contribution is -0.141. The number of hydrogen-bond donors (Lipinski definition) is 1. The first kappa shape index (κ1) is 20.2. The molecule has 4 rings (SSSR count). The number of Topliss-reactive ketones (excluding diaryl/α,β-unsaturated/α-hetero) is 1. The fraction of sp³-hybridized carbons (Fsp3) is 0.360. The Balaban J connectivity index is 1.87. The molecule has 2 aromatic carbocycles. The van der Waals surface area contributed by atoms with Crippen molar-refractivity contribution in [2.24, 2.45) is 0 Å². The lowest BCUT2D eigenvalue weighted by Gasteiger charge is -2.36. The summed E-state index contributed by atoms with van der Waals surface area (Å²) in [5, 5.41) is 11.1. The molecule has 1 unspecified atom stereocenters. The van der Waals surface area contributed by atoms with E-state index in [0.29, 0.717) is 11.3 Å². The van der Waals surface area contributed by atoms with Crippen LogP contribution in [0.1, 0.15) is 54.8 Å². The molecule has 5 nitrogen and oxygen atoms in total. The molecule has 0 bridgehead atoms. The molecule has 2 aliphatic rings.